The highest BCUT2D eigenvalue weighted by Crippen LogP contribution is 2.32. The standard InChI is InChI=1S/C18H18IN3O4/c1-3-26-15-9-12(8-13(19)16(15)23)10-20-22-18(25)17(24)21-14-7-5-4-6-11(14)2/h4-10,23H,3H2,1-2H3,(H,21,24)(H,22,25)/b20-10-. The van der Waals surface area contributed by atoms with E-state index in [2.05, 4.69) is 15.8 Å². The average Bonchev–Trinajstić information content (AvgIpc) is 2.61. The van der Waals surface area contributed by atoms with Gasteiger partial charge in [-0.1, -0.05) is 18.2 Å². The SMILES string of the molecule is CCOc1cc(/C=N\NC(=O)C(=O)Nc2ccccc2C)cc(I)c1O. The van der Waals surface area contributed by atoms with E-state index in [9.17, 15) is 14.7 Å². The van der Waals surface area contributed by atoms with Gasteiger partial charge in [-0.15, -0.1) is 0 Å². The fourth-order valence-corrected chi connectivity index (χ4v) is 2.67. The minimum absolute atomic E-state index is 0.0474. The first-order valence-electron chi connectivity index (χ1n) is 7.77. The number of carbonyl (C=O) groups is 2. The molecule has 0 aliphatic rings. The van der Waals surface area contributed by atoms with Crippen LogP contribution in [-0.4, -0.2) is 29.7 Å². The number of nitrogens with zero attached hydrogens (tertiary/aromatic N) is 1. The largest absolute Gasteiger partial charge is 0.504 e. The number of benzene rings is 2. The number of hydrogen-bond acceptors (Lipinski definition) is 5. The number of amides is 2. The van der Waals surface area contributed by atoms with Crippen LogP contribution in [0.3, 0.4) is 0 Å². The number of anilines is 1. The van der Waals surface area contributed by atoms with E-state index in [-0.39, 0.29) is 5.75 Å². The fraction of sp³-hybridized carbons (Fsp3) is 0.167. The molecule has 0 aliphatic carbocycles. The predicted octanol–water partition coefficient (Wildman–Crippen LogP) is 2.79. The molecule has 8 heteroatoms. The third-order valence-electron chi connectivity index (χ3n) is 3.33. The third kappa shape index (κ3) is 5.19. The summed E-state index contributed by atoms with van der Waals surface area (Å²) in [6.07, 6.45) is 1.36. The molecule has 0 aromatic heterocycles. The Morgan fingerprint density at radius 3 is 2.69 bits per heavy atom. The molecule has 3 N–H and O–H groups in total. The van der Waals surface area contributed by atoms with Gasteiger partial charge >= 0.3 is 11.8 Å². The highest BCUT2D eigenvalue weighted by atomic mass is 127. The smallest absolute Gasteiger partial charge is 0.329 e. The van der Waals surface area contributed by atoms with Crippen LogP contribution in [0.25, 0.3) is 0 Å². The molecule has 0 atom stereocenters. The number of phenols is 1. The number of aryl methyl sites for hydroxylation is 1. The van der Waals surface area contributed by atoms with Crippen molar-refractivity contribution < 1.29 is 19.4 Å². The summed E-state index contributed by atoms with van der Waals surface area (Å²) in [5.41, 5.74) is 4.18. The summed E-state index contributed by atoms with van der Waals surface area (Å²) in [4.78, 5) is 23.7. The van der Waals surface area contributed by atoms with Crippen LogP contribution in [0.15, 0.2) is 41.5 Å². The Morgan fingerprint density at radius 1 is 1.27 bits per heavy atom. The number of para-hydroxylation sites is 1. The van der Waals surface area contributed by atoms with Crippen LogP contribution >= 0.6 is 22.6 Å². The lowest BCUT2D eigenvalue weighted by molar-refractivity contribution is -0.136. The van der Waals surface area contributed by atoms with E-state index < -0.39 is 11.8 Å². The van der Waals surface area contributed by atoms with Gasteiger partial charge in [-0.25, -0.2) is 5.43 Å². The Hall–Kier alpha value is -2.62. The molecule has 0 saturated heterocycles. The van der Waals surface area contributed by atoms with E-state index >= 15 is 0 Å². The number of phenolic OH excluding ortho intramolecular Hbond substituents is 1. The molecule has 0 radical (unpaired) electrons. The second-order valence-corrected chi connectivity index (χ2v) is 6.41. The van der Waals surface area contributed by atoms with E-state index in [1.807, 2.05) is 41.6 Å². The number of carbonyl (C=O) groups excluding carboxylic acids is 2. The van der Waals surface area contributed by atoms with Gasteiger partial charge in [0.1, 0.15) is 0 Å². The lowest BCUT2D eigenvalue weighted by Gasteiger charge is -2.08. The lowest BCUT2D eigenvalue weighted by Crippen LogP contribution is -2.32. The lowest BCUT2D eigenvalue weighted by atomic mass is 10.2. The van der Waals surface area contributed by atoms with E-state index in [0.29, 0.717) is 27.2 Å². The van der Waals surface area contributed by atoms with Crippen molar-refractivity contribution in [1.29, 1.82) is 0 Å². The zero-order valence-corrected chi connectivity index (χ0v) is 16.4. The molecular weight excluding hydrogens is 449 g/mol. The third-order valence-corrected chi connectivity index (χ3v) is 4.15. The van der Waals surface area contributed by atoms with Crippen LogP contribution in [0.5, 0.6) is 11.5 Å². The first-order chi connectivity index (χ1) is 12.4. The molecule has 0 saturated carbocycles. The Balaban J connectivity index is 2.00. The van der Waals surface area contributed by atoms with Gasteiger partial charge in [-0.05, 0) is 65.8 Å². The zero-order valence-electron chi connectivity index (χ0n) is 14.2. The van der Waals surface area contributed by atoms with E-state index in [4.69, 9.17) is 4.74 Å². The molecule has 0 aliphatic heterocycles. The van der Waals surface area contributed by atoms with E-state index in [1.165, 1.54) is 6.21 Å². The second-order valence-electron chi connectivity index (χ2n) is 5.25. The second kappa shape index (κ2) is 9.18. The van der Waals surface area contributed by atoms with Crippen LogP contribution in [-0.2, 0) is 9.59 Å². The molecule has 0 spiro atoms. The molecular formula is C18H18IN3O4. The van der Waals surface area contributed by atoms with Crippen molar-refractivity contribution in [3.8, 4) is 11.5 Å². The first kappa shape index (κ1) is 19.7. The Labute approximate surface area is 164 Å². The molecule has 136 valence electrons. The molecule has 2 rings (SSSR count). The van der Waals surface area contributed by atoms with E-state index in [1.54, 1.807) is 31.2 Å². The first-order valence-corrected chi connectivity index (χ1v) is 8.85. The number of hydrazone groups is 1. The number of nitrogens with one attached hydrogen (secondary N) is 2. The molecule has 0 unspecified atom stereocenters. The topological polar surface area (TPSA) is 100 Å². The summed E-state index contributed by atoms with van der Waals surface area (Å²) in [5, 5.41) is 16.2. The van der Waals surface area contributed by atoms with Crippen molar-refractivity contribution in [2.45, 2.75) is 13.8 Å². The molecule has 7 nitrogen and oxygen atoms in total. The molecule has 0 fully saturated rings. The minimum Gasteiger partial charge on any atom is -0.504 e. The molecule has 0 heterocycles. The van der Waals surface area contributed by atoms with Crippen LogP contribution in [0.4, 0.5) is 5.69 Å². The van der Waals surface area contributed by atoms with Crippen LogP contribution in [0, 0.1) is 10.5 Å². The fourth-order valence-electron chi connectivity index (χ4n) is 2.04. The highest BCUT2D eigenvalue weighted by Gasteiger charge is 2.14. The van der Waals surface area contributed by atoms with Gasteiger partial charge in [0, 0.05) is 5.69 Å². The average molecular weight is 467 g/mol. The normalized spacial score (nSPS) is 10.6. The van der Waals surface area contributed by atoms with Crippen molar-refractivity contribution in [3.63, 3.8) is 0 Å². The van der Waals surface area contributed by atoms with Crippen molar-refractivity contribution >= 4 is 46.3 Å². The minimum atomic E-state index is -0.886. The number of ether oxygens (including phenoxy) is 1. The maximum Gasteiger partial charge on any atom is 0.329 e. The Morgan fingerprint density at radius 2 is 2.00 bits per heavy atom. The van der Waals surface area contributed by atoms with Crippen LogP contribution in [0.2, 0.25) is 0 Å². The van der Waals surface area contributed by atoms with Gasteiger partial charge in [-0.2, -0.15) is 5.10 Å². The summed E-state index contributed by atoms with van der Waals surface area (Å²) in [7, 11) is 0. The number of halogens is 1. The number of rotatable bonds is 5. The molecule has 26 heavy (non-hydrogen) atoms. The van der Waals surface area contributed by atoms with Gasteiger partial charge in [0.05, 0.1) is 16.4 Å². The van der Waals surface area contributed by atoms with Gasteiger partial charge in [0.15, 0.2) is 11.5 Å². The van der Waals surface area contributed by atoms with Crippen LogP contribution < -0.4 is 15.5 Å². The summed E-state index contributed by atoms with van der Waals surface area (Å²) >= 11 is 1.96. The summed E-state index contributed by atoms with van der Waals surface area (Å²) < 4.78 is 5.92. The van der Waals surface area contributed by atoms with Gasteiger partial charge in [0.25, 0.3) is 0 Å². The summed E-state index contributed by atoms with van der Waals surface area (Å²) in [6.45, 7) is 4.04. The Bertz CT molecular complexity index is 852. The van der Waals surface area contributed by atoms with Crippen molar-refractivity contribution in [3.05, 3.63) is 51.1 Å². The molecule has 0 bridgehead atoms. The van der Waals surface area contributed by atoms with Gasteiger partial charge in [-0.3, -0.25) is 9.59 Å². The van der Waals surface area contributed by atoms with E-state index in [0.717, 1.165) is 5.56 Å². The van der Waals surface area contributed by atoms with Crippen molar-refractivity contribution in [2.75, 3.05) is 11.9 Å². The van der Waals surface area contributed by atoms with Crippen molar-refractivity contribution in [2.24, 2.45) is 5.10 Å². The number of hydrogen-bond donors (Lipinski definition) is 3. The maximum absolute atomic E-state index is 11.9. The van der Waals surface area contributed by atoms with Gasteiger partial charge in [0.2, 0.25) is 0 Å². The summed E-state index contributed by atoms with van der Waals surface area (Å²) in [6, 6.07) is 10.4. The Kier molecular flexibility index (Phi) is 6.96. The molecule has 2 aromatic rings. The number of aromatic hydroxyl groups is 1. The molecule has 2 amide bonds. The maximum atomic E-state index is 11.9. The summed E-state index contributed by atoms with van der Waals surface area (Å²) in [5.74, 6) is -1.33. The predicted molar refractivity (Wildman–Crippen MR) is 108 cm³/mol. The monoisotopic (exact) mass is 467 g/mol. The highest BCUT2D eigenvalue weighted by molar-refractivity contribution is 14.1. The molecule has 2 aromatic carbocycles. The quantitative estimate of drug-likeness (QED) is 0.273. The van der Waals surface area contributed by atoms with Crippen molar-refractivity contribution in [1.82, 2.24) is 5.43 Å². The zero-order chi connectivity index (χ0) is 19.1. The van der Waals surface area contributed by atoms with Crippen LogP contribution in [0.1, 0.15) is 18.1 Å². The van der Waals surface area contributed by atoms with Gasteiger partial charge < -0.3 is 15.2 Å².